The topological polar surface area (TPSA) is 24.5 Å². The standard InChI is InChI=1S/C7H14N2O/c1-5-7-6(3-8-5)4-10-9(7)2/h5-8H,3-4H2,1-2H3. The highest BCUT2D eigenvalue weighted by molar-refractivity contribution is 4.94. The average molecular weight is 142 g/mol. The zero-order valence-electron chi connectivity index (χ0n) is 6.50. The minimum atomic E-state index is 0.595. The van der Waals surface area contributed by atoms with Gasteiger partial charge in [0, 0.05) is 25.6 Å². The summed E-state index contributed by atoms with van der Waals surface area (Å²) in [5.41, 5.74) is 0. The number of nitrogens with one attached hydrogen (secondary N) is 1. The van der Waals surface area contributed by atoms with Crippen molar-refractivity contribution in [3.05, 3.63) is 0 Å². The van der Waals surface area contributed by atoms with Crippen molar-refractivity contribution in [3.8, 4) is 0 Å². The fourth-order valence-corrected chi connectivity index (χ4v) is 2.06. The van der Waals surface area contributed by atoms with E-state index in [1.165, 1.54) is 0 Å². The summed E-state index contributed by atoms with van der Waals surface area (Å²) < 4.78 is 0. The van der Waals surface area contributed by atoms with Crippen LogP contribution in [0, 0.1) is 5.92 Å². The lowest BCUT2D eigenvalue weighted by molar-refractivity contribution is -0.114. The molecule has 3 nitrogen and oxygen atoms in total. The van der Waals surface area contributed by atoms with Gasteiger partial charge in [-0.1, -0.05) is 0 Å². The summed E-state index contributed by atoms with van der Waals surface area (Å²) >= 11 is 0. The van der Waals surface area contributed by atoms with Gasteiger partial charge in [0.05, 0.1) is 12.6 Å². The van der Waals surface area contributed by atoms with Crippen LogP contribution >= 0.6 is 0 Å². The SMILES string of the molecule is CC1NCC2CON(C)C21. The van der Waals surface area contributed by atoms with Crippen molar-refractivity contribution in [3.63, 3.8) is 0 Å². The van der Waals surface area contributed by atoms with E-state index in [0.29, 0.717) is 12.1 Å². The van der Waals surface area contributed by atoms with E-state index in [-0.39, 0.29) is 0 Å². The molecule has 0 amide bonds. The molecule has 2 aliphatic rings. The molecule has 0 aromatic heterocycles. The van der Waals surface area contributed by atoms with Crippen LogP contribution in [0.15, 0.2) is 0 Å². The molecule has 0 aliphatic carbocycles. The molecule has 58 valence electrons. The summed E-state index contributed by atoms with van der Waals surface area (Å²) in [6.45, 7) is 4.24. The largest absolute Gasteiger partial charge is 0.312 e. The van der Waals surface area contributed by atoms with Gasteiger partial charge in [-0.15, -0.1) is 0 Å². The lowest BCUT2D eigenvalue weighted by Crippen LogP contribution is -2.37. The van der Waals surface area contributed by atoms with E-state index in [2.05, 4.69) is 12.2 Å². The minimum absolute atomic E-state index is 0.595. The molecule has 3 heteroatoms. The number of hydrogen-bond donors (Lipinski definition) is 1. The van der Waals surface area contributed by atoms with Crippen LogP contribution in [0.3, 0.4) is 0 Å². The van der Waals surface area contributed by atoms with E-state index in [0.717, 1.165) is 19.1 Å². The molecule has 0 saturated carbocycles. The summed E-state index contributed by atoms with van der Waals surface area (Å²) in [6.07, 6.45) is 0. The van der Waals surface area contributed by atoms with E-state index in [4.69, 9.17) is 4.84 Å². The number of hydroxylamine groups is 2. The third kappa shape index (κ3) is 0.779. The van der Waals surface area contributed by atoms with Crippen molar-refractivity contribution in [2.75, 3.05) is 20.2 Å². The molecular weight excluding hydrogens is 128 g/mol. The van der Waals surface area contributed by atoms with Crippen LogP contribution in [0.1, 0.15) is 6.92 Å². The molecular formula is C7H14N2O. The summed E-state index contributed by atoms with van der Waals surface area (Å²) in [5, 5.41) is 5.43. The zero-order valence-corrected chi connectivity index (χ0v) is 6.50. The Labute approximate surface area is 61.3 Å². The number of nitrogens with zero attached hydrogens (tertiary/aromatic N) is 1. The lowest BCUT2D eigenvalue weighted by Gasteiger charge is -2.19. The number of likely N-dealkylation sites (N-methyl/N-ethyl adjacent to an activating group) is 1. The third-order valence-electron chi connectivity index (χ3n) is 2.61. The Kier molecular flexibility index (Phi) is 1.44. The molecule has 0 aromatic rings. The molecule has 2 saturated heterocycles. The first-order chi connectivity index (χ1) is 4.79. The first-order valence-corrected chi connectivity index (χ1v) is 3.88. The van der Waals surface area contributed by atoms with Gasteiger partial charge in [-0.05, 0) is 6.92 Å². The molecule has 3 unspecified atom stereocenters. The Bertz CT molecular complexity index is 126. The van der Waals surface area contributed by atoms with E-state index >= 15 is 0 Å². The first-order valence-electron chi connectivity index (χ1n) is 3.88. The quantitative estimate of drug-likeness (QED) is 0.508. The lowest BCUT2D eigenvalue weighted by atomic mass is 10.0. The summed E-state index contributed by atoms with van der Waals surface area (Å²) in [4.78, 5) is 5.38. The Balaban J connectivity index is 2.11. The molecule has 2 aliphatic heterocycles. The predicted octanol–water partition coefficient (Wildman–Crippen LogP) is -0.160. The van der Waals surface area contributed by atoms with Crippen LogP contribution in [0.5, 0.6) is 0 Å². The molecule has 0 aromatic carbocycles. The van der Waals surface area contributed by atoms with Crippen molar-refractivity contribution in [1.29, 1.82) is 0 Å². The molecule has 10 heavy (non-hydrogen) atoms. The monoisotopic (exact) mass is 142 g/mol. The Morgan fingerprint density at radius 1 is 1.60 bits per heavy atom. The normalized spacial score (nSPS) is 48.0. The Hall–Kier alpha value is -0.120. The van der Waals surface area contributed by atoms with Crippen molar-refractivity contribution in [2.24, 2.45) is 5.92 Å². The molecule has 2 rings (SSSR count). The molecule has 1 N–H and O–H groups in total. The first kappa shape index (κ1) is 6.58. The number of hydrogen-bond acceptors (Lipinski definition) is 3. The van der Waals surface area contributed by atoms with Gasteiger partial charge >= 0.3 is 0 Å². The van der Waals surface area contributed by atoms with Crippen LogP contribution in [0.4, 0.5) is 0 Å². The van der Waals surface area contributed by atoms with E-state index < -0.39 is 0 Å². The molecule has 0 radical (unpaired) electrons. The maximum atomic E-state index is 5.38. The summed E-state index contributed by atoms with van der Waals surface area (Å²) in [5.74, 6) is 0.722. The summed E-state index contributed by atoms with van der Waals surface area (Å²) in [7, 11) is 2.02. The zero-order chi connectivity index (χ0) is 7.14. The maximum Gasteiger partial charge on any atom is 0.0741 e. The highest BCUT2D eigenvalue weighted by Crippen LogP contribution is 2.26. The van der Waals surface area contributed by atoms with Gasteiger partial charge in [0.1, 0.15) is 0 Å². The van der Waals surface area contributed by atoms with Gasteiger partial charge in [0.25, 0.3) is 0 Å². The van der Waals surface area contributed by atoms with Crippen molar-refractivity contribution in [1.82, 2.24) is 10.4 Å². The molecule has 0 bridgehead atoms. The number of rotatable bonds is 0. The number of fused-ring (bicyclic) bond motifs is 1. The molecule has 3 atom stereocenters. The fraction of sp³-hybridized carbons (Fsp3) is 1.00. The van der Waals surface area contributed by atoms with Gasteiger partial charge in [-0.3, -0.25) is 4.84 Å². The predicted molar refractivity (Wildman–Crippen MR) is 38.5 cm³/mol. The molecule has 2 heterocycles. The Morgan fingerprint density at radius 3 is 3.10 bits per heavy atom. The highest BCUT2D eigenvalue weighted by atomic mass is 16.7. The second kappa shape index (κ2) is 2.19. The minimum Gasteiger partial charge on any atom is -0.312 e. The molecule has 0 spiro atoms. The van der Waals surface area contributed by atoms with Gasteiger partial charge in [-0.25, -0.2) is 0 Å². The summed E-state index contributed by atoms with van der Waals surface area (Å²) in [6, 6.07) is 1.21. The van der Waals surface area contributed by atoms with Crippen LogP contribution in [-0.2, 0) is 4.84 Å². The maximum absolute atomic E-state index is 5.38. The van der Waals surface area contributed by atoms with E-state index in [1.807, 2.05) is 12.1 Å². The van der Waals surface area contributed by atoms with Crippen LogP contribution in [0.2, 0.25) is 0 Å². The molecule has 2 fully saturated rings. The van der Waals surface area contributed by atoms with Gasteiger partial charge in [-0.2, -0.15) is 5.06 Å². The average Bonchev–Trinajstić information content (AvgIpc) is 2.40. The van der Waals surface area contributed by atoms with Crippen molar-refractivity contribution in [2.45, 2.75) is 19.0 Å². The fourth-order valence-electron chi connectivity index (χ4n) is 2.06. The van der Waals surface area contributed by atoms with Gasteiger partial charge < -0.3 is 5.32 Å². The highest BCUT2D eigenvalue weighted by Gasteiger charge is 2.41. The second-order valence-corrected chi connectivity index (χ2v) is 3.29. The third-order valence-corrected chi connectivity index (χ3v) is 2.61. The van der Waals surface area contributed by atoms with Crippen LogP contribution in [-0.4, -0.2) is 37.3 Å². The van der Waals surface area contributed by atoms with Crippen LogP contribution in [0.25, 0.3) is 0 Å². The van der Waals surface area contributed by atoms with Crippen molar-refractivity contribution >= 4 is 0 Å². The smallest absolute Gasteiger partial charge is 0.0741 e. The van der Waals surface area contributed by atoms with E-state index in [1.54, 1.807) is 0 Å². The second-order valence-electron chi connectivity index (χ2n) is 3.29. The van der Waals surface area contributed by atoms with Crippen LogP contribution < -0.4 is 5.32 Å². The van der Waals surface area contributed by atoms with E-state index in [9.17, 15) is 0 Å². The van der Waals surface area contributed by atoms with Crippen molar-refractivity contribution < 1.29 is 4.84 Å². The van der Waals surface area contributed by atoms with Gasteiger partial charge in [0.2, 0.25) is 0 Å². The Morgan fingerprint density at radius 2 is 2.40 bits per heavy atom. The van der Waals surface area contributed by atoms with Gasteiger partial charge in [0.15, 0.2) is 0 Å².